The summed E-state index contributed by atoms with van der Waals surface area (Å²) in [5, 5.41) is 3.27. The zero-order valence-corrected chi connectivity index (χ0v) is 10.0. The maximum absolute atomic E-state index is 11.7. The Morgan fingerprint density at radius 2 is 2.00 bits per heavy atom. The summed E-state index contributed by atoms with van der Waals surface area (Å²) in [6.45, 7) is 2.98. The second kappa shape index (κ2) is 4.39. The molecule has 2 rings (SSSR count). The molecule has 15 heavy (non-hydrogen) atoms. The van der Waals surface area contributed by atoms with Gasteiger partial charge in [-0.15, -0.1) is 0 Å². The highest BCUT2D eigenvalue weighted by atomic mass is 32.2. The lowest BCUT2D eigenvalue weighted by atomic mass is 10.00. The second-order valence-electron chi connectivity index (χ2n) is 4.71. The molecule has 1 aliphatic heterocycles. The molecular weight excluding hydrogens is 212 g/mol. The fourth-order valence-electron chi connectivity index (χ4n) is 2.12. The van der Waals surface area contributed by atoms with E-state index in [2.05, 4.69) is 10.0 Å². The van der Waals surface area contributed by atoms with Gasteiger partial charge in [-0.05, 0) is 39.2 Å². The first kappa shape index (κ1) is 11.4. The van der Waals surface area contributed by atoms with Gasteiger partial charge in [0, 0.05) is 12.1 Å². The lowest BCUT2D eigenvalue weighted by molar-refractivity contribution is 0.347. The molecule has 1 saturated carbocycles. The van der Waals surface area contributed by atoms with Gasteiger partial charge in [0.05, 0.1) is 5.25 Å². The van der Waals surface area contributed by atoms with Crippen LogP contribution in [-0.2, 0) is 10.0 Å². The minimum absolute atomic E-state index is 0.0240. The lowest BCUT2D eigenvalue weighted by Gasteiger charge is -2.29. The number of rotatable bonds is 4. The van der Waals surface area contributed by atoms with Crippen molar-refractivity contribution < 1.29 is 8.42 Å². The van der Waals surface area contributed by atoms with Crippen LogP contribution in [0, 0.1) is 0 Å². The monoisotopic (exact) mass is 232 g/mol. The van der Waals surface area contributed by atoms with E-state index < -0.39 is 10.0 Å². The predicted molar refractivity (Wildman–Crippen MR) is 60.2 cm³/mol. The third-order valence-electron chi connectivity index (χ3n) is 3.27. The number of sulfonamides is 1. The van der Waals surface area contributed by atoms with Crippen molar-refractivity contribution >= 4 is 10.0 Å². The van der Waals surface area contributed by atoms with Crippen LogP contribution in [0.5, 0.6) is 0 Å². The van der Waals surface area contributed by atoms with Gasteiger partial charge in [-0.1, -0.05) is 6.42 Å². The molecule has 1 saturated heterocycles. The molecule has 2 unspecified atom stereocenters. The van der Waals surface area contributed by atoms with Crippen LogP contribution in [0.1, 0.15) is 39.0 Å². The Labute approximate surface area is 91.9 Å². The summed E-state index contributed by atoms with van der Waals surface area (Å²) < 4.78 is 26.2. The zero-order valence-electron chi connectivity index (χ0n) is 9.20. The maximum atomic E-state index is 11.7. The Hall–Kier alpha value is -0.130. The molecule has 2 atom stereocenters. The summed E-state index contributed by atoms with van der Waals surface area (Å²) in [5.74, 6) is 0. The van der Waals surface area contributed by atoms with Gasteiger partial charge in [0.15, 0.2) is 0 Å². The highest BCUT2D eigenvalue weighted by Gasteiger charge is 2.37. The fraction of sp³-hybridized carbons (Fsp3) is 1.00. The van der Waals surface area contributed by atoms with E-state index in [0.717, 1.165) is 25.8 Å². The SMILES string of the molecule is CC(NS(=O)(=O)C1CC1)C1CCCCN1. The van der Waals surface area contributed by atoms with E-state index in [1.165, 1.54) is 12.8 Å². The van der Waals surface area contributed by atoms with Crippen LogP contribution < -0.4 is 10.0 Å². The van der Waals surface area contributed by atoms with Crippen LogP contribution in [-0.4, -0.2) is 32.3 Å². The summed E-state index contributed by atoms with van der Waals surface area (Å²) in [5.41, 5.74) is 0. The van der Waals surface area contributed by atoms with Crippen LogP contribution in [0.3, 0.4) is 0 Å². The highest BCUT2D eigenvalue weighted by molar-refractivity contribution is 7.90. The van der Waals surface area contributed by atoms with Gasteiger partial charge in [0.2, 0.25) is 10.0 Å². The quantitative estimate of drug-likeness (QED) is 0.746. The van der Waals surface area contributed by atoms with Crippen molar-refractivity contribution in [2.45, 2.75) is 56.4 Å². The normalized spacial score (nSPS) is 30.1. The lowest BCUT2D eigenvalue weighted by Crippen LogP contribution is -2.50. The van der Waals surface area contributed by atoms with Gasteiger partial charge in [0.25, 0.3) is 0 Å². The van der Waals surface area contributed by atoms with E-state index in [1.807, 2.05) is 6.92 Å². The van der Waals surface area contributed by atoms with Gasteiger partial charge in [0.1, 0.15) is 0 Å². The van der Waals surface area contributed by atoms with Crippen LogP contribution in [0.2, 0.25) is 0 Å². The zero-order chi connectivity index (χ0) is 10.9. The molecule has 0 spiro atoms. The molecule has 1 aliphatic carbocycles. The van der Waals surface area contributed by atoms with Gasteiger partial charge >= 0.3 is 0 Å². The Morgan fingerprint density at radius 3 is 2.53 bits per heavy atom. The van der Waals surface area contributed by atoms with Crippen molar-refractivity contribution in [3.63, 3.8) is 0 Å². The number of nitrogens with one attached hydrogen (secondary N) is 2. The minimum atomic E-state index is -3.03. The number of piperidine rings is 1. The van der Waals surface area contributed by atoms with E-state index in [-0.39, 0.29) is 11.3 Å². The topological polar surface area (TPSA) is 58.2 Å². The number of hydrogen-bond acceptors (Lipinski definition) is 3. The average molecular weight is 232 g/mol. The smallest absolute Gasteiger partial charge is 0.214 e. The summed E-state index contributed by atoms with van der Waals surface area (Å²) in [6.07, 6.45) is 5.15. The van der Waals surface area contributed by atoms with Gasteiger partial charge in [-0.2, -0.15) is 0 Å². The van der Waals surface area contributed by atoms with E-state index >= 15 is 0 Å². The van der Waals surface area contributed by atoms with Crippen molar-refractivity contribution in [3.8, 4) is 0 Å². The third kappa shape index (κ3) is 2.92. The Kier molecular flexibility index (Phi) is 3.33. The Morgan fingerprint density at radius 1 is 1.27 bits per heavy atom. The molecule has 2 aliphatic rings. The molecule has 2 fully saturated rings. The standard InChI is InChI=1S/C10H20N2O2S/c1-8(10-4-2-3-7-11-10)12-15(13,14)9-5-6-9/h8-12H,2-7H2,1H3. The maximum Gasteiger partial charge on any atom is 0.214 e. The molecule has 0 amide bonds. The first-order valence-electron chi connectivity index (χ1n) is 5.84. The predicted octanol–water partition coefficient (Wildman–Crippen LogP) is 0.599. The van der Waals surface area contributed by atoms with Crippen LogP contribution in [0.4, 0.5) is 0 Å². The molecule has 5 heteroatoms. The first-order valence-corrected chi connectivity index (χ1v) is 7.39. The minimum Gasteiger partial charge on any atom is -0.312 e. The summed E-state index contributed by atoms with van der Waals surface area (Å²) in [7, 11) is -3.03. The van der Waals surface area contributed by atoms with Crippen LogP contribution >= 0.6 is 0 Å². The molecule has 88 valence electrons. The average Bonchev–Trinajstić information content (AvgIpc) is 3.01. The largest absolute Gasteiger partial charge is 0.312 e. The van der Waals surface area contributed by atoms with E-state index in [1.54, 1.807) is 0 Å². The Bertz CT molecular complexity index is 305. The van der Waals surface area contributed by atoms with E-state index in [9.17, 15) is 8.42 Å². The summed E-state index contributed by atoms with van der Waals surface area (Å²) in [4.78, 5) is 0. The molecule has 0 aromatic heterocycles. The molecule has 0 aromatic carbocycles. The Balaban J connectivity index is 1.87. The van der Waals surface area contributed by atoms with Crippen molar-refractivity contribution in [3.05, 3.63) is 0 Å². The summed E-state index contributed by atoms with van der Waals surface area (Å²) in [6, 6.07) is 0.336. The molecule has 2 N–H and O–H groups in total. The van der Waals surface area contributed by atoms with E-state index in [4.69, 9.17) is 0 Å². The van der Waals surface area contributed by atoms with Crippen molar-refractivity contribution in [1.82, 2.24) is 10.0 Å². The molecule has 1 heterocycles. The molecular formula is C10H20N2O2S. The summed E-state index contributed by atoms with van der Waals surface area (Å²) >= 11 is 0. The second-order valence-corrected chi connectivity index (χ2v) is 6.70. The van der Waals surface area contributed by atoms with Crippen LogP contribution in [0.25, 0.3) is 0 Å². The van der Waals surface area contributed by atoms with Gasteiger partial charge < -0.3 is 5.32 Å². The van der Waals surface area contributed by atoms with E-state index in [0.29, 0.717) is 6.04 Å². The number of hydrogen-bond donors (Lipinski definition) is 2. The van der Waals surface area contributed by atoms with Gasteiger partial charge in [-0.3, -0.25) is 0 Å². The third-order valence-corrected chi connectivity index (χ3v) is 5.31. The highest BCUT2D eigenvalue weighted by Crippen LogP contribution is 2.28. The van der Waals surface area contributed by atoms with Crippen LogP contribution in [0.15, 0.2) is 0 Å². The molecule has 0 aromatic rings. The van der Waals surface area contributed by atoms with Gasteiger partial charge in [-0.25, -0.2) is 13.1 Å². The fourth-order valence-corrected chi connectivity index (χ4v) is 3.75. The first-order chi connectivity index (χ1) is 7.09. The van der Waals surface area contributed by atoms with Crippen molar-refractivity contribution in [2.75, 3.05) is 6.54 Å². The molecule has 4 nitrogen and oxygen atoms in total. The molecule has 0 bridgehead atoms. The molecule has 0 radical (unpaired) electrons. The van der Waals surface area contributed by atoms with Crippen molar-refractivity contribution in [2.24, 2.45) is 0 Å². The van der Waals surface area contributed by atoms with Crippen molar-refractivity contribution in [1.29, 1.82) is 0 Å².